The number of nitrogens with one attached hydrogen (secondary N) is 1. The molecule has 0 radical (unpaired) electrons. The third-order valence-corrected chi connectivity index (χ3v) is 6.68. The quantitative estimate of drug-likeness (QED) is 0.762. The molecule has 8 heteroatoms. The van der Waals surface area contributed by atoms with E-state index in [2.05, 4.69) is 22.2 Å². The van der Waals surface area contributed by atoms with Crippen LogP contribution in [0, 0.1) is 13.8 Å². The van der Waals surface area contributed by atoms with Crippen molar-refractivity contribution in [3.8, 4) is 0 Å². The van der Waals surface area contributed by atoms with Crippen molar-refractivity contribution >= 4 is 33.0 Å². The maximum absolute atomic E-state index is 12.6. The van der Waals surface area contributed by atoms with Gasteiger partial charge in [-0.15, -0.1) is 0 Å². The standard InChI is InChI=1S/C22H30N4O3S/c1-17-6-5-7-21(18(17)2)26(30(4,28)29)16-22(27)23-19-8-10-20(11-9-19)25-14-12-24(3)13-15-25/h5-11H,12-16H2,1-4H3,(H,23,27). The van der Waals surface area contributed by atoms with Crippen LogP contribution in [0.5, 0.6) is 0 Å². The normalized spacial score (nSPS) is 15.1. The van der Waals surface area contributed by atoms with Gasteiger partial charge >= 0.3 is 0 Å². The van der Waals surface area contributed by atoms with Crippen molar-refractivity contribution in [2.24, 2.45) is 0 Å². The summed E-state index contributed by atoms with van der Waals surface area (Å²) in [6, 6.07) is 13.1. The molecule has 1 heterocycles. The Morgan fingerprint density at radius 1 is 1.03 bits per heavy atom. The van der Waals surface area contributed by atoms with E-state index in [-0.39, 0.29) is 12.5 Å². The molecule has 30 heavy (non-hydrogen) atoms. The molecule has 0 saturated carbocycles. The predicted molar refractivity (Wildman–Crippen MR) is 123 cm³/mol. The van der Waals surface area contributed by atoms with Crippen molar-refractivity contribution in [3.63, 3.8) is 0 Å². The third-order valence-electron chi connectivity index (χ3n) is 5.55. The fourth-order valence-corrected chi connectivity index (χ4v) is 4.44. The first-order chi connectivity index (χ1) is 14.1. The maximum atomic E-state index is 12.6. The van der Waals surface area contributed by atoms with Gasteiger partial charge in [-0.25, -0.2) is 8.42 Å². The molecular formula is C22H30N4O3S. The molecule has 1 amide bonds. The van der Waals surface area contributed by atoms with E-state index in [0.29, 0.717) is 11.4 Å². The van der Waals surface area contributed by atoms with Gasteiger partial charge in [0.05, 0.1) is 11.9 Å². The van der Waals surface area contributed by atoms with Crippen LogP contribution >= 0.6 is 0 Å². The molecule has 0 atom stereocenters. The lowest BCUT2D eigenvalue weighted by Gasteiger charge is -2.34. The first-order valence-electron chi connectivity index (χ1n) is 10.0. The molecule has 2 aromatic carbocycles. The summed E-state index contributed by atoms with van der Waals surface area (Å²) in [6.07, 6.45) is 1.12. The highest BCUT2D eigenvalue weighted by Gasteiger charge is 2.23. The molecule has 1 fully saturated rings. The van der Waals surface area contributed by atoms with Gasteiger partial charge in [0.25, 0.3) is 0 Å². The average Bonchev–Trinajstić information content (AvgIpc) is 2.69. The zero-order valence-corrected chi connectivity index (χ0v) is 18.9. The number of aryl methyl sites for hydroxylation is 1. The van der Waals surface area contributed by atoms with Crippen LogP contribution in [-0.4, -0.2) is 65.3 Å². The lowest BCUT2D eigenvalue weighted by atomic mass is 10.1. The number of hydrogen-bond donors (Lipinski definition) is 1. The minimum atomic E-state index is -3.61. The second-order valence-corrected chi connectivity index (χ2v) is 9.78. The highest BCUT2D eigenvalue weighted by Crippen LogP contribution is 2.25. The van der Waals surface area contributed by atoms with Gasteiger partial charge in [0.1, 0.15) is 6.54 Å². The van der Waals surface area contributed by atoms with Gasteiger partial charge in [-0.3, -0.25) is 9.10 Å². The highest BCUT2D eigenvalue weighted by molar-refractivity contribution is 7.92. The Hall–Kier alpha value is -2.58. The Bertz CT molecular complexity index is 998. The van der Waals surface area contributed by atoms with Crippen molar-refractivity contribution in [2.45, 2.75) is 13.8 Å². The molecule has 0 aliphatic carbocycles. The molecule has 0 bridgehead atoms. The van der Waals surface area contributed by atoms with Crippen LogP contribution in [0.15, 0.2) is 42.5 Å². The molecule has 1 N–H and O–H groups in total. The number of likely N-dealkylation sites (N-methyl/N-ethyl adjacent to an activating group) is 1. The Morgan fingerprint density at radius 3 is 2.27 bits per heavy atom. The SMILES string of the molecule is Cc1cccc(N(CC(=O)Nc2ccc(N3CCN(C)CC3)cc2)S(C)(=O)=O)c1C. The van der Waals surface area contributed by atoms with E-state index in [1.165, 1.54) is 0 Å². The number of anilines is 3. The largest absolute Gasteiger partial charge is 0.369 e. The Labute approximate surface area is 179 Å². The number of amides is 1. The first kappa shape index (κ1) is 22.1. The van der Waals surface area contributed by atoms with E-state index >= 15 is 0 Å². The van der Waals surface area contributed by atoms with Crippen LogP contribution < -0.4 is 14.5 Å². The average molecular weight is 431 g/mol. The fraction of sp³-hybridized carbons (Fsp3) is 0.409. The molecule has 3 rings (SSSR count). The molecule has 7 nitrogen and oxygen atoms in total. The van der Waals surface area contributed by atoms with E-state index in [0.717, 1.165) is 53.6 Å². The van der Waals surface area contributed by atoms with Crippen molar-refractivity contribution in [1.29, 1.82) is 0 Å². The van der Waals surface area contributed by atoms with Crippen LogP contribution in [0.2, 0.25) is 0 Å². The second-order valence-electron chi connectivity index (χ2n) is 7.87. The molecular weight excluding hydrogens is 400 g/mol. The van der Waals surface area contributed by atoms with Gasteiger partial charge in [0.15, 0.2) is 0 Å². The van der Waals surface area contributed by atoms with Crippen LogP contribution in [0.3, 0.4) is 0 Å². The number of hydrogen-bond acceptors (Lipinski definition) is 5. The first-order valence-corrected chi connectivity index (χ1v) is 11.9. The van der Waals surface area contributed by atoms with E-state index in [1.54, 1.807) is 12.1 Å². The summed E-state index contributed by atoms with van der Waals surface area (Å²) in [4.78, 5) is 17.2. The predicted octanol–water partition coefficient (Wildman–Crippen LogP) is 2.46. The summed E-state index contributed by atoms with van der Waals surface area (Å²) in [6.45, 7) is 7.50. The van der Waals surface area contributed by atoms with Gasteiger partial charge in [0, 0.05) is 37.6 Å². The maximum Gasteiger partial charge on any atom is 0.245 e. The van der Waals surface area contributed by atoms with Crippen molar-refractivity contribution in [1.82, 2.24) is 4.90 Å². The Kier molecular flexibility index (Phi) is 6.67. The molecule has 1 aliphatic heterocycles. The molecule has 2 aromatic rings. The van der Waals surface area contributed by atoms with Gasteiger partial charge in [-0.05, 0) is 62.4 Å². The van der Waals surface area contributed by atoms with E-state index < -0.39 is 10.0 Å². The number of piperazine rings is 1. The van der Waals surface area contributed by atoms with Crippen molar-refractivity contribution in [2.75, 3.05) is 60.5 Å². The Morgan fingerprint density at radius 2 is 1.67 bits per heavy atom. The van der Waals surface area contributed by atoms with Crippen LogP contribution in [-0.2, 0) is 14.8 Å². The summed E-state index contributed by atoms with van der Waals surface area (Å²) in [5.74, 6) is -0.381. The van der Waals surface area contributed by atoms with Gasteiger partial charge in [-0.1, -0.05) is 12.1 Å². The van der Waals surface area contributed by atoms with Gasteiger partial charge in [-0.2, -0.15) is 0 Å². The van der Waals surface area contributed by atoms with E-state index in [4.69, 9.17) is 0 Å². The van der Waals surface area contributed by atoms with Gasteiger partial charge in [0.2, 0.25) is 15.9 Å². The van der Waals surface area contributed by atoms with Crippen LogP contribution in [0.25, 0.3) is 0 Å². The summed E-state index contributed by atoms with van der Waals surface area (Å²) in [5, 5.41) is 2.81. The lowest BCUT2D eigenvalue weighted by molar-refractivity contribution is -0.114. The minimum Gasteiger partial charge on any atom is -0.369 e. The number of rotatable bonds is 6. The molecule has 1 aliphatic rings. The zero-order valence-electron chi connectivity index (χ0n) is 18.1. The van der Waals surface area contributed by atoms with Crippen LogP contribution in [0.1, 0.15) is 11.1 Å². The number of sulfonamides is 1. The summed E-state index contributed by atoms with van der Waals surface area (Å²) >= 11 is 0. The van der Waals surface area contributed by atoms with Crippen molar-refractivity contribution in [3.05, 3.63) is 53.6 Å². The third kappa shape index (κ3) is 5.31. The lowest BCUT2D eigenvalue weighted by Crippen LogP contribution is -2.44. The van der Waals surface area contributed by atoms with E-state index in [1.807, 2.05) is 44.2 Å². The molecule has 162 valence electrons. The molecule has 0 spiro atoms. The summed E-state index contributed by atoms with van der Waals surface area (Å²) in [5.41, 5.74) is 4.10. The Balaban J connectivity index is 1.69. The van der Waals surface area contributed by atoms with E-state index in [9.17, 15) is 13.2 Å². The second kappa shape index (κ2) is 9.06. The molecule has 0 aromatic heterocycles. The minimum absolute atomic E-state index is 0.274. The van der Waals surface area contributed by atoms with Crippen LogP contribution in [0.4, 0.5) is 17.1 Å². The van der Waals surface area contributed by atoms with Crippen molar-refractivity contribution < 1.29 is 13.2 Å². The number of carbonyl (C=O) groups excluding carboxylic acids is 1. The zero-order chi connectivity index (χ0) is 21.9. The fourth-order valence-electron chi connectivity index (χ4n) is 3.54. The molecule has 1 saturated heterocycles. The smallest absolute Gasteiger partial charge is 0.245 e. The topological polar surface area (TPSA) is 73.0 Å². The molecule has 0 unspecified atom stereocenters. The highest BCUT2D eigenvalue weighted by atomic mass is 32.2. The monoisotopic (exact) mass is 430 g/mol. The van der Waals surface area contributed by atoms with Gasteiger partial charge < -0.3 is 15.1 Å². The summed E-state index contributed by atoms with van der Waals surface area (Å²) in [7, 11) is -1.49. The number of benzene rings is 2. The summed E-state index contributed by atoms with van der Waals surface area (Å²) < 4.78 is 25.9. The number of carbonyl (C=O) groups is 1. The number of nitrogens with zero attached hydrogens (tertiary/aromatic N) is 3.